The summed E-state index contributed by atoms with van der Waals surface area (Å²) < 4.78 is -0.0456. The van der Waals surface area contributed by atoms with E-state index in [2.05, 4.69) is 50.4 Å². The fourth-order valence-electron chi connectivity index (χ4n) is 3.42. The summed E-state index contributed by atoms with van der Waals surface area (Å²) in [7, 11) is 0. The molecule has 1 N–H and O–H groups in total. The molecule has 1 aliphatic carbocycles. The summed E-state index contributed by atoms with van der Waals surface area (Å²) in [6.45, 7) is 7.24. The molecule has 4 unspecified atom stereocenters. The van der Waals surface area contributed by atoms with Crippen LogP contribution in [0.4, 0.5) is 0 Å². The predicted octanol–water partition coefficient (Wildman–Crippen LogP) is 3.26. The van der Waals surface area contributed by atoms with Crippen LogP contribution < -0.4 is 5.32 Å². The number of rotatable bonds is 3. The Balaban J connectivity index is 0.00000176. The highest BCUT2D eigenvalue weighted by molar-refractivity contribution is 8.02. The average Bonchev–Trinajstić information content (AvgIpc) is 2.84. The largest absolute Gasteiger partial charge is 0.353 e. The van der Waals surface area contributed by atoms with E-state index in [-0.39, 0.29) is 35.0 Å². The fraction of sp³-hybridized carbons (Fsp3) is 0.647. The Hall–Kier alpha value is -0.740. The van der Waals surface area contributed by atoms with Crippen molar-refractivity contribution in [1.29, 1.82) is 0 Å². The molecule has 5 heteroatoms. The van der Waals surface area contributed by atoms with Crippen LogP contribution in [0.25, 0.3) is 0 Å². The zero-order valence-electron chi connectivity index (χ0n) is 13.4. The van der Waals surface area contributed by atoms with Crippen LogP contribution in [0, 0.1) is 17.8 Å². The molecule has 4 atom stereocenters. The lowest BCUT2D eigenvalue weighted by molar-refractivity contribution is -0.126. The highest BCUT2D eigenvalue weighted by atomic mass is 35.5. The van der Waals surface area contributed by atoms with Gasteiger partial charge in [0.15, 0.2) is 0 Å². The zero-order chi connectivity index (χ0) is 15.0. The molecule has 0 bridgehead atoms. The van der Waals surface area contributed by atoms with Crippen LogP contribution in [0.1, 0.15) is 27.2 Å². The van der Waals surface area contributed by atoms with Crippen molar-refractivity contribution in [3.05, 3.63) is 24.3 Å². The maximum atomic E-state index is 12.7. The van der Waals surface area contributed by atoms with Gasteiger partial charge >= 0.3 is 0 Å². The van der Waals surface area contributed by atoms with Crippen LogP contribution in [0.15, 0.2) is 29.3 Å². The molecule has 0 saturated carbocycles. The molecular formula is C17H25ClN2OS. The topological polar surface area (TPSA) is 41.5 Å². The van der Waals surface area contributed by atoms with Gasteiger partial charge in [0.2, 0.25) is 5.91 Å². The van der Waals surface area contributed by atoms with Crippen molar-refractivity contribution < 1.29 is 4.79 Å². The van der Waals surface area contributed by atoms with Gasteiger partial charge in [0.1, 0.15) is 0 Å². The molecule has 1 amide bonds. The lowest BCUT2D eigenvalue weighted by Gasteiger charge is -2.38. The Bertz CT molecular complexity index is 529. The molecule has 1 fully saturated rings. The Morgan fingerprint density at radius 2 is 2.18 bits per heavy atom. The van der Waals surface area contributed by atoms with E-state index in [9.17, 15) is 4.79 Å². The molecule has 0 radical (unpaired) electrons. The third-order valence-corrected chi connectivity index (χ3v) is 6.73. The predicted molar refractivity (Wildman–Crippen MR) is 97.1 cm³/mol. The van der Waals surface area contributed by atoms with Crippen LogP contribution >= 0.6 is 24.2 Å². The summed E-state index contributed by atoms with van der Waals surface area (Å²) in [5.74, 6) is 2.10. The highest BCUT2D eigenvalue weighted by Gasteiger charge is 2.54. The number of amides is 1. The number of nitrogens with one attached hydrogen (secondary N) is 1. The van der Waals surface area contributed by atoms with E-state index in [0.29, 0.717) is 11.8 Å². The van der Waals surface area contributed by atoms with Gasteiger partial charge in [-0.2, -0.15) is 0 Å². The van der Waals surface area contributed by atoms with Crippen molar-refractivity contribution in [3.63, 3.8) is 0 Å². The van der Waals surface area contributed by atoms with Crippen LogP contribution in [-0.2, 0) is 4.79 Å². The van der Waals surface area contributed by atoms with Crippen LogP contribution in [0.5, 0.6) is 0 Å². The summed E-state index contributed by atoms with van der Waals surface area (Å²) in [5, 5.41) is 3.21. The Morgan fingerprint density at radius 1 is 1.41 bits per heavy atom. The van der Waals surface area contributed by atoms with E-state index in [1.54, 1.807) is 0 Å². The highest BCUT2D eigenvalue weighted by Crippen LogP contribution is 2.52. The summed E-state index contributed by atoms with van der Waals surface area (Å²) in [4.78, 5) is 17.4. The summed E-state index contributed by atoms with van der Waals surface area (Å²) in [6, 6.07) is 0.234. The second-order valence-electron chi connectivity index (χ2n) is 6.63. The summed E-state index contributed by atoms with van der Waals surface area (Å²) in [5.41, 5.74) is 1.17. The Kier molecular flexibility index (Phi) is 5.44. The molecule has 122 valence electrons. The first-order valence-corrected chi connectivity index (χ1v) is 8.88. The monoisotopic (exact) mass is 340 g/mol. The minimum Gasteiger partial charge on any atom is -0.353 e. The molecule has 0 aromatic carbocycles. The second-order valence-corrected chi connectivity index (χ2v) is 7.93. The number of nitrogens with zero attached hydrogens (tertiary/aromatic N) is 1. The molecule has 1 saturated heterocycles. The maximum Gasteiger partial charge on any atom is 0.224 e. The Morgan fingerprint density at radius 3 is 2.91 bits per heavy atom. The van der Waals surface area contributed by atoms with E-state index >= 15 is 0 Å². The number of hydrogen-bond donors (Lipinski definition) is 1. The number of thioether (sulfide) groups is 1. The quantitative estimate of drug-likeness (QED) is 0.856. The first kappa shape index (κ1) is 17.6. The number of carbonyl (C=O) groups is 1. The minimum atomic E-state index is -0.0456. The molecule has 3 rings (SSSR count). The van der Waals surface area contributed by atoms with Gasteiger partial charge in [-0.25, -0.2) is 0 Å². The summed E-state index contributed by atoms with van der Waals surface area (Å²) in [6.07, 6.45) is 9.57. The molecule has 3 nitrogen and oxygen atoms in total. The number of halogens is 1. The molecule has 2 aliphatic heterocycles. The lowest BCUT2D eigenvalue weighted by Crippen LogP contribution is -2.48. The van der Waals surface area contributed by atoms with Gasteiger partial charge in [0, 0.05) is 18.3 Å². The van der Waals surface area contributed by atoms with E-state index in [4.69, 9.17) is 4.99 Å². The van der Waals surface area contributed by atoms with Crippen LogP contribution in [0.3, 0.4) is 0 Å². The lowest BCUT2D eigenvalue weighted by atomic mass is 9.74. The Labute approximate surface area is 143 Å². The van der Waals surface area contributed by atoms with Gasteiger partial charge in [0.05, 0.1) is 16.4 Å². The molecule has 2 heterocycles. The first-order valence-electron chi connectivity index (χ1n) is 7.90. The number of allylic oxidation sites excluding steroid dienone is 3. The van der Waals surface area contributed by atoms with Crippen molar-refractivity contribution in [1.82, 2.24) is 5.32 Å². The third kappa shape index (κ3) is 2.88. The average molecular weight is 341 g/mol. The van der Waals surface area contributed by atoms with Crippen molar-refractivity contribution in [2.75, 3.05) is 12.3 Å². The third-order valence-electron chi connectivity index (χ3n) is 5.08. The maximum absolute atomic E-state index is 12.7. The molecular weight excluding hydrogens is 316 g/mol. The van der Waals surface area contributed by atoms with Gasteiger partial charge < -0.3 is 5.32 Å². The molecule has 22 heavy (non-hydrogen) atoms. The smallest absolute Gasteiger partial charge is 0.224 e. The van der Waals surface area contributed by atoms with Crippen LogP contribution in [-0.4, -0.2) is 34.7 Å². The molecule has 0 aromatic rings. The van der Waals surface area contributed by atoms with Crippen molar-refractivity contribution in [2.45, 2.75) is 38.0 Å². The SMILES string of the molecule is CC(C)C(C)NC(=O)C1CSC23C=CC=CC2=NCCC13.Cl. The van der Waals surface area contributed by atoms with Crippen LogP contribution in [0.2, 0.25) is 0 Å². The first-order chi connectivity index (χ1) is 10.0. The van der Waals surface area contributed by atoms with E-state index in [1.165, 1.54) is 5.71 Å². The van der Waals surface area contributed by atoms with Gasteiger partial charge in [0.25, 0.3) is 0 Å². The van der Waals surface area contributed by atoms with E-state index in [0.717, 1.165) is 18.7 Å². The molecule has 1 spiro atoms. The number of aliphatic imine (C=N–C) groups is 1. The fourth-order valence-corrected chi connectivity index (χ4v) is 5.21. The normalized spacial score (nSPS) is 33.5. The van der Waals surface area contributed by atoms with Gasteiger partial charge in [-0.1, -0.05) is 32.1 Å². The van der Waals surface area contributed by atoms with Gasteiger partial charge in [-0.05, 0) is 31.3 Å². The van der Waals surface area contributed by atoms with Gasteiger partial charge in [-0.15, -0.1) is 24.2 Å². The number of hydrogen-bond acceptors (Lipinski definition) is 3. The summed E-state index contributed by atoms with van der Waals surface area (Å²) >= 11 is 1.90. The van der Waals surface area contributed by atoms with Crippen molar-refractivity contribution >= 4 is 35.8 Å². The van der Waals surface area contributed by atoms with E-state index in [1.807, 2.05) is 11.8 Å². The van der Waals surface area contributed by atoms with Crippen molar-refractivity contribution in [2.24, 2.45) is 22.7 Å². The second kappa shape index (κ2) is 6.79. The zero-order valence-corrected chi connectivity index (χ0v) is 15.0. The minimum absolute atomic E-state index is 0. The van der Waals surface area contributed by atoms with Crippen molar-refractivity contribution in [3.8, 4) is 0 Å². The number of carbonyl (C=O) groups excluding carboxylic acids is 1. The molecule has 3 aliphatic rings. The van der Waals surface area contributed by atoms with Gasteiger partial charge in [-0.3, -0.25) is 9.79 Å². The molecule has 0 aromatic heterocycles. The standard InChI is InChI=1S/C17H24N2OS.ClH/c1-11(2)12(3)19-16(20)13-10-21-17-8-5-4-6-15(17)18-9-7-14(13)17;/h4-6,8,11-14H,7,9-10H2,1-3H3,(H,19,20);1H. The van der Waals surface area contributed by atoms with E-state index < -0.39 is 0 Å².